The molecule has 0 aromatic heterocycles. The van der Waals surface area contributed by atoms with Crippen LogP contribution in [0.3, 0.4) is 0 Å². The van der Waals surface area contributed by atoms with Gasteiger partial charge in [0.25, 0.3) is 5.91 Å². The van der Waals surface area contributed by atoms with Crippen LogP contribution in [0, 0.1) is 0 Å². The molecule has 21 heteroatoms. The summed E-state index contributed by atoms with van der Waals surface area (Å²) >= 11 is 0. The molecule has 3 aromatic rings. The second-order valence-corrected chi connectivity index (χ2v) is 15.2. The SMILES string of the molecule is CC(C)(C)OC(=O)NCC(=O)NCC(=O)N(CC(=O)NCC(=O)C1NCCN=c2ccc(c3c(O)c4c(O)ccc(O)c4c(O)c23)=NCCNC1=O)C(=O)OC(C)(C)C. The third-order valence-electron chi connectivity index (χ3n) is 8.20. The maximum absolute atomic E-state index is 13.3. The average molecular weight is 825 g/mol. The molecular formula is C38H48N8O13. The Morgan fingerprint density at radius 3 is 1.78 bits per heavy atom. The first kappa shape index (κ1) is 44.9. The molecule has 2 bridgehead atoms. The molecule has 0 fully saturated rings. The Morgan fingerprint density at radius 1 is 0.712 bits per heavy atom. The lowest BCUT2D eigenvalue weighted by Gasteiger charge is -2.26. The zero-order valence-electron chi connectivity index (χ0n) is 33.3. The van der Waals surface area contributed by atoms with Gasteiger partial charge in [-0.25, -0.2) is 14.5 Å². The number of hydrogen-bond donors (Lipinski definition) is 9. The molecule has 3 aromatic carbocycles. The van der Waals surface area contributed by atoms with Gasteiger partial charge in [-0.05, 0) is 65.8 Å². The van der Waals surface area contributed by atoms with Crippen LogP contribution in [-0.4, -0.2) is 137 Å². The van der Waals surface area contributed by atoms with Crippen molar-refractivity contribution in [1.82, 2.24) is 31.5 Å². The van der Waals surface area contributed by atoms with Gasteiger partial charge in [-0.3, -0.25) is 39.3 Å². The lowest BCUT2D eigenvalue weighted by atomic mass is 9.98. The number of Topliss-reactive ketones (excluding diaryl/α,β-unsaturated/α-hetero) is 1. The van der Waals surface area contributed by atoms with E-state index in [-0.39, 0.29) is 58.4 Å². The van der Waals surface area contributed by atoms with Crippen molar-refractivity contribution in [3.63, 3.8) is 0 Å². The maximum atomic E-state index is 13.3. The molecule has 59 heavy (non-hydrogen) atoms. The summed E-state index contributed by atoms with van der Waals surface area (Å²) in [5.41, 5.74) is -1.91. The number of nitrogens with one attached hydrogen (secondary N) is 5. The number of rotatable bonds is 9. The minimum absolute atomic E-state index is 0.0325. The smallest absolute Gasteiger partial charge is 0.417 e. The number of phenolic OH excluding ortho intramolecular Hbond substituents is 4. The Kier molecular flexibility index (Phi) is 14.2. The number of benzene rings is 3. The Labute approximate surface area is 336 Å². The molecule has 5 rings (SSSR count). The lowest BCUT2D eigenvalue weighted by molar-refractivity contribution is -0.136. The fourth-order valence-electron chi connectivity index (χ4n) is 5.69. The van der Waals surface area contributed by atoms with E-state index >= 15 is 0 Å². The van der Waals surface area contributed by atoms with Crippen molar-refractivity contribution in [2.24, 2.45) is 9.98 Å². The summed E-state index contributed by atoms with van der Waals surface area (Å²) in [6.07, 6.45) is -2.10. The van der Waals surface area contributed by atoms with Crippen molar-refractivity contribution in [3.05, 3.63) is 35.0 Å². The second-order valence-electron chi connectivity index (χ2n) is 15.2. The van der Waals surface area contributed by atoms with Gasteiger partial charge >= 0.3 is 12.2 Å². The topological polar surface area (TPSA) is 307 Å². The van der Waals surface area contributed by atoms with Crippen molar-refractivity contribution in [3.8, 4) is 23.0 Å². The van der Waals surface area contributed by atoms with E-state index < -0.39 is 108 Å². The molecule has 21 nitrogen and oxygen atoms in total. The molecule has 1 unspecified atom stereocenters. The summed E-state index contributed by atoms with van der Waals surface area (Å²) in [6, 6.07) is 3.86. The predicted molar refractivity (Wildman–Crippen MR) is 208 cm³/mol. The molecule has 0 spiro atoms. The highest BCUT2D eigenvalue weighted by Gasteiger charge is 2.31. The summed E-state index contributed by atoms with van der Waals surface area (Å²) in [5.74, 6) is -6.18. The van der Waals surface area contributed by atoms with Crippen LogP contribution >= 0.6 is 0 Å². The quantitative estimate of drug-likeness (QED) is 0.0555. The normalized spacial score (nSPS) is 14.8. The number of carbonyl (C=O) groups is 7. The Hall–Kier alpha value is -6.77. The number of aromatic hydroxyl groups is 4. The monoisotopic (exact) mass is 824 g/mol. The minimum Gasteiger partial charge on any atom is -0.507 e. The Balaban J connectivity index is 1.45. The molecule has 6 amide bonds. The van der Waals surface area contributed by atoms with E-state index in [9.17, 15) is 54.0 Å². The summed E-state index contributed by atoms with van der Waals surface area (Å²) < 4.78 is 10.3. The number of phenols is 4. The molecule has 0 radical (unpaired) electrons. The first-order valence-corrected chi connectivity index (χ1v) is 18.4. The number of fused-ring (bicyclic) bond motifs is 11. The summed E-state index contributed by atoms with van der Waals surface area (Å²) in [7, 11) is 0. The van der Waals surface area contributed by atoms with Crippen LogP contribution < -0.4 is 37.3 Å². The summed E-state index contributed by atoms with van der Waals surface area (Å²) in [6.45, 7) is 6.11. The molecule has 9 N–H and O–H groups in total. The van der Waals surface area contributed by atoms with Gasteiger partial charge in [-0.2, -0.15) is 0 Å². The van der Waals surface area contributed by atoms with Crippen molar-refractivity contribution in [2.45, 2.75) is 58.8 Å². The molecule has 0 saturated carbocycles. The van der Waals surface area contributed by atoms with E-state index in [1.165, 1.54) is 32.9 Å². The number of hydrogen-bond acceptors (Lipinski definition) is 16. The maximum Gasteiger partial charge on any atom is 0.417 e. The van der Waals surface area contributed by atoms with Gasteiger partial charge in [0.05, 0.1) is 58.4 Å². The number of imide groups is 1. The van der Waals surface area contributed by atoms with Crippen LogP contribution in [0.15, 0.2) is 34.3 Å². The molecule has 2 aliphatic heterocycles. The molecule has 318 valence electrons. The molecule has 2 aliphatic rings. The number of amides is 6. The van der Waals surface area contributed by atoms with Crippen LogP contribution in [0.4, 0.5) is 9.59 Å². The molecule has 1 atom stereocenters. The highest BCUT2D eigenvalue weighted by atomic mass is 16.6. The zero-order chi connectivity index (χ0) is 43.8. The Bertz CT molecular complexity index is 2300. The summed E-state index contributed by atoms with van der Waals surface area (Å²) in [4.78, 5) is 99.0. The lowest BCUT2D eigenvalue weighted by Crippen LogP contribution is -2.54. The van der Waals surface area contributed by atoms with E-state index in [2.05, 4.69) is 36.6 Å². The molecule has 2 heterocycles. The van der Waals surface area contributed by atoms with Crippen molar-refractivity contribution < 1.29 is 63.5 Å². The number of alkyl carbamates (subject to hydrolysis) is 1. The third kappa shape index (κ3) is 11.9. The van der Waals surface area contributed by atoms with E-state index in [4.69, 9.17) is 9.47 Å². The number of ketones is 1. The minimum atomic E-state index is -1.51. The fraction of sp³-hybridized carbons (Fsp3) is 0.447. The van der Waals surface area contributed by atoms with Gasteiger partial charge in [0.1, 0.15) is 53.3 Å². The largest absolute Gasteiger partial charge is 0.507 e. The van der Waals surface area contributed by atoms with Crippen LogP contribution in [0.5, 0.6) is 23.0 Å². The molecule has 0 saturated heterocycles. The van der Waals surface area contributed by atoms with Crippen molar-refractivity contribution in [2.75, 3.05) is 52.4 Å². The molecular weight excluding hydrogens is 776 g/mol. The van der Waals surface area contributed by atoms with Gasteiger partial charge < -0.3 is 51.2 Å². The van der Waals surface area contributed by atoms with Crippen molar-refractivity contribution in [1.29, 1.82) is 0 Å². The van der Waals surface area contributed by atoms with Crippen molar-refractivity contribution >= 4 is 63.1 Å². The van der Waals surface area contributed by atoms with E-state index in [0.717, 1.165) is 12.1 Å². The number of nitrogens with zero attached hydrogens (tertiary/aromatic N) is 3. The highest BCUT2D eigenvalue weighted by molar-refractivity contribution is 6.14. The summed E-state index contributed by atoms with van der Waals surface area (Å²) in [5, 5.41) is 55.6. The van der Waals surface area contributed by atoms with Gasteiger partial charge in [-0.15, -0.1) is 0 Å². The third-order valence-corrected chi connectivity index (χ3v) is 8.20. The Morgan fingerprint density at radius 2 is 1.24 bits per heavy atom. The first-order valence-electron chi connectivity index (χ1n) is 18.4. The number of ether oxygens (including phenoxy) is 2. The van der Waals surface area contributed by atoms with Crippen LogP contribution in [0.25, 0.3) is 21.5 Å². The van der Waals surface area contributed by atoms with Gasteiger partial charge in [0.2, 0.25) is 17.7 Å². The van der Waals surface area contributed by atoms with E-state index in [1.807, 2.05) is 0 Å². The van der Waals surface area contributed by atoms with Gasteiger partial charge in [-0.1, -0.05) is 0 Å². The van der Waals surface area contributed by atoms with Crippen LogP contribution in [-0.2, 0) is 33.4 Å². The van der Waals surface area contributed by atoms with Gasteiger partial charge in [0, 0.05) is 13.1 Å². The van der Waals surface area contributed by atoms with Crippen LogP contribution in [0.2, 0.25) is 0 Å². The average Bonchev–Trinajstić information content (AvgIpc) is 3.14. The van der Waals surface area contributed by atoms with E-state index in [1.54, 1.807) is 20.8 Å². The standard InChI is InChI=1S/C38H48N8O13/c1-37(2,3)58-35(56)45-16-24(50)44-17-26(52)46(36(57)59-38(4,5)6)18-25(51)43-15-23(49)31-34(55)42-14-12-40-20-8-7-19(39-11-13-41-31)27-28(20)33(54)30-22(48)10-9-21(47)29(30)32(27)53/h7-10,31,41,47-48,53-54H,11-18H2,1-6H3,(H,42,55)(H,43,51)(H,44,50)(H,45,56). The highest BCUT2D eigenvalue weighted by Crippen LogP contribution is 2.46. The fourth-order valence-corrected chi connectivity index (χ4v) is 5.69. The van der Waals surface area contributed by atoms with E-state index in [0.29, 0.717) is 4.90 Å². The molecule has 0 aliphatic carbocycles. The zero-order valence-corrected chi connectivity index (χ0v) is 33.3. The van der Waals surface area contributed by atoms with Gasteiger partial charge in [0.15, 0.2) is 5.78 Å². The second kappa shape index (κ2) is 18.7. The first-order chi connectivity index (χ1) is 27.6. The number of carbonyl (C=O) groups excluding carboxylic acids is 7. The predicted octanol–water partition coefficient (Wildman–Crippen LogP) is -0.767. The van der Waals surface area contributed by atoms with Crippen LogP contribution in [0.1, 0.15) is 41.5 Å².